The van der Waals surface area contributed by atoms with Crippen molar-refractivity contribution in [2.75, 3.05) is 6.61 Å². The van der Waals surface area contributed by atoms with Crippen LogP contribution in [0.15, 0.2) is 29.2 Å². The van der Waals surface area contributed by atoms with Gasteiger partial charge in [0.15, 0.2) is 0 Å². The van der Waals surface area contributed by atoms with Crippen LogP contribution < -0.4 is 5.14 Å². The van der Waals surface area contributed by atoms with Crippen molar-refractivity contribution in [1.29, 1.82) is 0 Å². The van der Waals surface area contributed by atoms with Gasteiger partial charge < -0.3 is 4.74 Å². The third-order valence-corrected chi connectivity index (χ3v) is 3.39. The Balaban J connectivity index is 2.73. The van der Waals surface area contributed by atoms with Crippen LogP contribution in [0.5, 0.6) is 0 Å². The molecule has 1 rings (SSSR count). The van der Waals surface area contributed by atoms with Crippen LogP contribution in [0.4, 0.5) is 0 Å². The molecule has 0 heterocycles. The van der Waals surface area contributed by atoms with Crippen molar-refractivity contribution < 1.29 is 17.9 Å². The summed E-state index contributed by atoms with van der Waals surface area (Å²) in [4.78, 5) is 11.7. The zero-order valence-corrected chi connectivity index (χ0v) is 12.2. The number of primary sulfonamides is 1. The number of benzene rings is 1. The van der Waals surface area contributed by atoms with Gasteiger partial charge in [-0.15, -0.1) is 0 Å². The molecular formula is C13H19NO4S. The lowest BCUT2D eigenvalue weighted by Gasteiger charge is -2.17. The van der Waals surface area contributed by atoms with Crippen molar-refractivity contribution in [2.24, 2.45) is 10.6 Å². The molecule has 2 N–H and O–H groups in total. The van der Waals surface area contributed by atoms with Crippen LogP contribution in [-0.4, -0.2) is 21.0 Å². The van der Waals surface area contributed by atoms with Gasteiger partial charge in [0.2, 0.25) is 10.0 Å². The topological polar surface area (TPSA) is 86.5 Å². The second kappa shape index (κ2) is 5.71. The molecule has 0 aliphatic heterocycles. The van der Waals surface area contributed by atoms with Gasteiger partial charge in [-0.2, -0.15) is 0 Å². The van der Waals surface area contributed by atoms with Gasteiger partial charge in [-0.1, -0.05) is 26.8 Å². The largest absolute Gasteiger partial charge is 0.462 e. The Morgan fingerprint density at radius 2 is 1.95 bits per heavy atom. The van der Waals surface area contributed by atoms with Crippen molar-refractivity contribution in [3.63, 3.8) is 0 Å². The first kappa shape index (κ1) is 15.7. The predicted molar refractivity (Wildman–Crippen MR) is 72.2 cm³/mol. The molecule has 0 spiro atoms. The highest BCUT2D eigenvalue weighted by Crippen LogP contribution is 2.18. The molecule has 5 nitrogen and oxygen atoms in total. The summed E-state index contributed by atoms with van der Waals surface area (Å²) < 4.78 is 27.5. The minimum atomic E-state index is -3.81. The predicted octanol–water partition coefficient (Wildman–Crippen LogP) is 1.93. The fraction of sp³-hybridized carbons (Fsp3) is 0.462. The molecule has 0 aliphatic carbocycles. The van der Waals surface area contributed by atoms with Gasteiger partial charge in [-0.25, -0.2) is 18.4 Å². The molecule has 0 saturated heterocycles. The third-order valence-electron chi connectivity index (χ3n) is 2.48. The number of ether oxygens (including phenoxy) is 1. The molecule has 0 radical (unpaired) electrons. The summed E-state index contributed by atoms with van der Waals surface area (Å²) in [7, 11) is -3.81. The first-order chi connectivity index (χ1) is 8.59. The average molecular weight is 285 g/mol. The maximum atomic E-state index is 11.8. The first-order valence-corrected chi connectivity index (χ1v) is 7.44. The zero-order chi connectivity index (χ0) is 14.7. The molecular weight excluding hydrogens is 266 g/mol. The van der Waals surface area contributed by atoms with E-state index in [1.165, 1.54) is 24.3 Å². The smallest absolute Gasteiger partial charge is 0.338 e. The second-order valence-corrected chi connectivity index (χ2v) is 7.08. The van der Waals surface area contributed by atoms with Gasteiger partial charge in [0.1, 0.15) is 0 Å². The Morgan fingerprint density at radius 3 is 2.47 bits per heavy atom. The summed E-state index contributed by atoms with van der Waals surface area (Å²) in [5.41, 5.74) is 0.253. The number of nitrogens with two attached hydrogens (primary N) is 1. The number of esters is 1. The van der Waals surface area contributed by atoms with Crippen LogP contribution in [0.25, 0.3) is 0 Å². The minimum absolute atomic E-state index is 0.0721. The number of carbonyl (C=O) groups excluding carboxylic acids is 1. The number of rotatable bonds is 4. The van der Waals surface area contributed by atoms with Gasteiger partial charge in [0.05, 0.1) is 17.1 Å². The van der Waals surface area contributed by atoms with E-state index < -0.39 is 16.0 Å². The highest BCUT2D eigenvalue weighted by atomic mass is 32.2. The lowest BCUT2D eigenvalue weighted by Crippen LogP contribution is -2.15. The van der Waals surface area contributed by atoms with Gasteiger partial charge in [0, 0.05) is 0 Å². The summed E-state index contributed by atoms with van der Waals surface area (Å²) in [6.45, 7) is 6.43. The van der Waals surface area contributed by atoms with E-state index in [1.54, 1.807) is 0 Å². The van der Waals surface area contributed by atoms with Crippen molar-refractivity contribution >= 4 is 16.0 Å². The molecule has 1 aromatic carbocycles. The molecule has 0 unspecified atom stereocenters. The number of hydrogen-bond acceptors (Lipinski definition) is 4. The van der Waals surface area contributed by atoms with Crippen LogP contribution in [0.3, 0.4) is 0 Å². The summed E-state index contributed by atoms with van der Waals surface area (Å²) >= 11 is 0. The maximum absolute atomic E-state index is 11.8. The number of hydrogen-bond donors (Lipinski definition) is 1. The van der Waals surface area contributed by atoms with E-state index in [0.29, 0.717) is 6.61 Å². The lowest BCUT2D eigenvalue weighted by molar-refractivity contribution is 0.0464. The molecule has 0 atom stereocenters. The Bertz CT molecular complexity index is 558. The van der Waals surface area contributed by atoms with Crippen LogP contribution in [0.2, 0.25) is 0 Å². The normalized spacial score (nSPS) is 12.2. The van der Waals surface area contributed by atoms with Crippen LogP contribution in [0, 0.1) is 5.41 Å². The van der Waals surface area contributed by atoms with Gasteiger partial charge in [-0.3, -0.25) is 0 Å². The van der Waals surface area contributed by atoms with E-state index in [0.717, 1.165) is 6.42 Å². The highest BCUT2D eigenvalue weighted by molar-refractivity contribution is 7.89. The molecule has 0 saturated carbocycles. The van der Waals surface area contributed by atoms with Gasteiger partial charge in [0.25, 0.3) is 0 Å². The van der Waals surface area contributed by atoms with E-state index >= 15 is 0 Å². The molecule has 19 heavy (non-hydrogen) atoms. The van der Waals surface area contributed by atoms with E-state index in [1.807, 2.05) is 20.8 Å². The Kier molecular flexibility index (Phi) is 4.70. The van der Waals surface area contributed by atoms with E-state index in [2.05, 4.69) is 0 Å². The van der Waals surface area contributed by atoms with Crippen LogP contribution in [0.1, 0.15) is 37.6 Å². The first-order valence-electron chi connectivity index (χ1n) is 5.90. The molecule has 0 bridgehead atoms. The van der Waals surface area contributed by atoms with Gasteiger partial charge >= 0.3 is 5.97 Å². The Morgan fingerprint density at radius 1 is 1.32 bits per heavy atom. The van der Waals surface area contributed by atoms with Crippen LogP contribution in [-0.2, 0) is 14.8 Å². The van der Waals surface area contributed by atoms with Crippen molar-refractivity contribution in [2.45, 2.75) is 32.1 Å². The molecule has 0 aliphatic rings. The fourth-order valence-electron chi connectivity index (χ4n) is 1.33. The van der Waals surface area contributed by atoms with Crippen molar-refractivity contribution in [3.05, 3.63) is 29.8 Å². The zero-order valence-electron chi connectivity index (χ0n) is 11.3. The molecule has 106 valence electrons. The fourth-order valence-corrected chi connectivity index (χ4v) is 1.89. The average Bonchev–Trinajstić information content (AvgIpc) is 2.26. The van der Waals surface area contributed by atoms with Gasteiger partial charge in [-0.05, 0) is 30.0 Å². The molecule has 0 fully saturated rings. The van der Waals surface area contributed by atoms with E-state index in [-0.39, 0.29) is 15.9 Å². The quantitative estimate of drug-likeness (QED) is 0.856. The third kappa shape index (κ3) is 5.40. The molecule has 6 heteroatoms. The lowest BCUT2D eigenvalue weighted by atomic mass is 9.93. The molecule has 1 aromatic rings. The number of sulfonamides is 1. The Hall–Kier alpha value is -1.40. The highest BCUT2D eigenvalue weighted by Gasteiger charge is 2.15. The summed E-state index contributed by atoms with van der Waals surface area (Å²) in [6.07, 6.45) is 0.730. The summed E-state index contributed by atoms with van der Waals surface area (Å²) in [5.74, 6) is -0.547. The minimum Gasteiger partial charge on any atom is -0.462 e. The SMILES string of the molecule is CC(C)(C)CCOC(=O)c1cccc(S(N)(=O)=O)c1. The van der Waals surface area contributed by atoms with Crippen LogP contribution >= 0.6 is 0 Å². The van der Waals surface area contributed by atoms with E-state index in [9.17, 15) is 13.2 Å². The van der Waals surface area contributed by atoms with E-state index in [4.69, 9.17) is 9.88 Å². The molecule has 0 aromatic heterocycles. The maximum Gasteiger partial charge on any atom is 0.338 e. The Labute approximate surface area is 113 Å². The standard InChI is InChI=1S/C13H19NO4S/c1-13(2,3)7-8-18-12(15)10-5-4-6-11(9-10)19(14,16)17/h4-6,9H,7-8H2,1-3H3,(H2,14,16,17). The number of carbonyl (C=O) groups is 1. The summed E-state index contributed by atoms with van der Waals surface area (Å²) in [6, 6.07) is 5.50. The second-order valence-electron chi connectivity index (χ2n) is 5.52. The monoisotopic (exact) mass is 285 g/mol. The molecule has 0 amide bonds. The van der Waals surface area contributed by atoms with Crippen molar-refractivity contribution in [1.82, 2.24) is 0 Å². The van der Waals surface area contributed by atoms with Crippen molar-refractivity contribution in [3.8, 4) is 0 Å². The summed E-state index contributed by atoms with van der Waals surface area (Å²) in [5, 5.41) is 5.00.